The number of carbonyl (C=O) groups excluding carboxylic acids is 1. The lowest BCUT2D eigenvalue weighted by atomic mass is 10.2. The number of amides is 1. The van der Waals surface area contributed by atoms with Crippen LogP contribution in [0.5, 0.6) is 0 Å². The fraction of sp³-hybridized carbons (Fsp3) is 0.333. The molecule has 0 aliphatic rings. The first-order chi connectivity index (χ1) is 11.6. The standard InChI is InChI=1S/C15H17N7OS/c1-10(2)13-21-20-9-22(13)7-6-18-14(23)11-8-19-15(24-11)12-16-4-3-5-17-12/h3-5,8-10H,6-7H2,1-2H3,(H,18,23). The molecule has 0 unspecified atom stereocenters. The Morgan fingerprint density at radius 2 is 2.08 bits per heavy atom. The summed E-state index contributed by atoms with van der Waals surface area (Å²) in [7, 11) is 0. The van der Waals surface area contributed by atoms with Crippen molar-refractivity contribution in [3.63, 3.8) is 0 Å². The lowest BCUT2D eigenvalue weighted by Gasteiger charge is -2.09. The highest BCUT2D eigenvalue weighted by atomic mass is 32.1. The van der Waals surface area contributed by atoms with Gasteiger partial charge in [0.15, 0.2) is 10.8 Å². The van der Waals surface area contributed by atoms with Gasteiger partial charge in [0.1, 0.15) is 17.0 Å². The zero-order chi connectivity index (χ0) is 16.9. The fourth-order valence-corrected chi connectivity index (χ4v) is 2.93. The van der Waals surface area contributed by atoms with Gasteiger partial charge in [0.05, 0.1) is 6.20 Å². The Balaban J connectivity index is 1.58. The number of rotatable bonds is 6. The van der Waals surface area contributed by atoms with Crippen LogP contribution in [-0.2, 0) is 6.54 Å². The van der Waals surface area contributed by atoms with E-state index in [2.05, 4.69) is 44.3 Å². The third-order valence-corrected chi connectivity index (χ3v) is 4.28. The van der Waals surface area contributed by atoms with Crippen LogP contribution in [0, 0.1) is 0 Å². The molecule has 3 aromatic heterocycles. The first-order valence-corrected chi connectivity index (χ1v) is 8.36. The van der Waals surface area contributed by atoms with Gasteiger partial charge in [-0.3, -0.25) is 4.79 Å². The zero-order valence-corrected chi connectivity index (χ0v) is 14.2. The molecule has 124 valence electrons. The van der Waals surface area contributed by atoms with Crippen molar-refractivity contribution in [2.45, 2.75) is 26.3 Å². The Labute approximate surface area is 143 Å². The van der Waals surface area contributed by atoms with Gasteiger partial charge in [-0.2, -0.15) is 0 Å². The van der Waals surface area contributed by atoms with Crippen LogP contribution in [0.2, 0.25) is 0 Å². The van der Waals surface area contributed by atoms with E-state index in [0.717, 1.165) is 5.82 Å². The number of thiazole rings is 1. The summed E-state index contributed by atoms with van der Waals surface area (Å²) in [4.78, 5) is 25.2. The molecular formula is C15H17N7OS. The van der Waals surface area contributed by atoms with Crippen LogP contribution in [0.3, 0.4) is 0 Å². The maximum absolute atomic E-state index is 12.2. The molecule has 1 amide bonds. The predicted octanol–water partition coefficient (Wildman–Crippen LogP) is 1.74. The van der Waals surface area contributed by atoms with E-state index < -0.39 is 0 Å². The van der Waals surface area contributed by atoms with Gasteiger partial charge in [-0.1, -0.05) is 13.8 Å². The van der Waals surface area contributed by atoms with Crippen LogP contribution in [0.1, 0.15) is 35.3 Å². The second-order valence-electron chi connectivity index (χ2n) is 5.40. The smallest absolute Gasteiger partial charge is 0.263 e. The molecule has 3 aromatic rings. The number of hydrogen-bond donors (Lipinski definition) is 1. The molecule has 1 N–H and O–H groups in total. The molecule has 9 heteroatoms. The average Bonchev–Trinajstić information content (AvgIpc) is 3.25. The molecule has 0 aliphatic carbocycles. The van der Waals surface area contributed by atoms with Gasteiger partial charge in [0, 0.05) is 31.4 Å². The summed E-state index contributed by atoms with van der Waals surface area (Å²) in [6, 6.07) is 1.74. The molecule has 3 rings (SSSR count). The number of nitrogens with one attached hydrogen (secondary N) is 1. The summed E-state index contributed by atoms with van der Waals surface area (Å²) < 4.78 is 1.95. The maximum Gasteiger partial charge on any atom is 0.263 e. The minimum Gasteiger partial charge on any atom is -0.349 e. The monoisotopic (exact) mass is 343 g/mol. The van der Waals surface area contributed by atoms with Gasteiger partial charge in [-0.05, 0) is 6.07 Å². The molecule has 0 saturated carbocycles. The van der Waals surface area contributed by atoms with Crippen LogP contribution in [0.15, 0.2) is 31.0 Å². The molecule has 0 radical (unpaired) electrons. The van der Waals surface area contributed by atoms with Crippen LogP contribution < -0.4 is 5.32 Å². The summed E-state index contributed by atoms with van der Waals surface area (Å²) in [5, 5.41) is 11.5. The highest BCUT2D eigenvalue weighted by molar-refractivity contribution is 7.16. The van der Waals surface area contributed by atoms with Crippen LogP contribution in [0.4, 0.5) is 0 Å². The largest absolute Gasteiger partial charge is 0.349 e. The van der Waals surface area contributed by atoms with Crippen molar-refractivity contribution in [1.82, 2.24) is 35.0 Å². The fourth-order valence-electron chi connectivity index (χ4n) is 2.15. The number of hydrogen-bond acceptors (Lipinski definition) is 7. The van der Waals surface area contributed by atoms with Gasteiger partial charge >= 0.3 is 0 Å². The van der Waals surface area contributed by atoms with Crippen molar-refractivity contribution in [3.8, 4) is 10.8 Å². The van der Waals surface area contributed by atoms with E-state index in [1.807, 2.05) is 4.57 Å². The van der Waals surface area contributed by atoms with Crippen LogP contribution in [-0.4, -0.2) is 42.2 Å². The SMILES string of the molecule is CC(C)c1nncn1CCNC(=O)c1cnc(-c2ncccn2)s1. The molecule has 0 aliphatic heterocycles. The minimum atomic E-state index is -0.158. The Hall–Kier alpha value is -2.68. The Morgan fingerprint density at radius 3 is 2.83 bits per heavy atom. The minimum absolute atomic E-state index is 0.158. The van der Waals surface area contributed by atoms with Gasteiger partial charge in [-0.15, -0.1) is 21.5 Å². The van der Waals surface area contributed by atoms with Gasteiger partial charge < -0.3 is 9.88 Å². The van der Waals surface area contributed by atoms with Crippen molar-refractivity contribution in [1.29, 1.82) is 0 Å². The first-order valence-electron chi connectivity index (χ1n) is 7.54. The maximum atomic E-state index is 12.2. The van der Waals surface area contributed by atoms with Gasteiger partial charge in [-0.25, -0.2) is 15.0 Å². The Bertz CT molecular complexity index is 812. The molecule has 0 atom stereocenters. The summed E-state index contributed by atoms with van der Waals surface area (Å²) in [5.74, 6) is 1.56. The van der Waals surface area contributed by atoms with Crippen LogP contribution >= 0.6 is 11.3 Å². The topological polar surface area (TPSA) is 98.5 Å². The first kappa shape index (κ1) is 16.2. The lowest BCUT2D eigenvalue weighted by molar-refractivity contribution is 0.0956. The quantitative estimate of drug-likeness (QED) is 0.732. The van der Waals surface area contributed by atoms with E-state index in [0.29, 0.717) is 28.8 Å². The summed E-state index contributed by atoms with van der Waals surface area (Å²) >= 11 is 1.27. The molecule has 0 fully saturated rings. The number of aromatic nitrogens is 6. The normalized spacial score (nSPS) is 11.0. The second-order valence-corrected chi connectivity index (χ2v) is 6.43. The number of nitrogens with zero attached hydrogens (tertiary/aromatic N) is 6. The lowest BCUT2D eigenvalue weighted by Crippen LogP contribution is -2.27. The van der Waals surface area contributed by atoms with Crippen molar-refractivity contribution < 1.29 is 4.79 Å². The summed E-state index contributed by atoms with van der Waals surface area (Å²) in [6.07, 6.45) is 6.52. The molecule has 0 saturated heterocycles. The summed E-state index contributed by atoms with van der Waals surface area (Å²) in [6.45, 7) is 5.23. The third kappa shape index (κ3) is 3.62. The Kier molecular flexibility index (Phi) is 4.90. The van der Waals surface area contributed by atoms with Gasteiger partial charge in [0.25, 0.3) is 5.91 Å². The average molecular weight is 343 g/mol. The molecule has 8 nitrogen and oxygen atoms in total. The van der Waals surface area contributed by atoms with E-state index in [1.54, 1.807) is 31.0 Å². The third-order valence-electron chi connectivity index (χ3n) is 3.29. The predicted molar refractivity (Wildman–Crippen MR) is 89.6 cm³/mol. The zero-order valence-electron chi connectivity index (χ0n) is 13.4. The van der Waals surface area contributed by atoms with E-state index in [4.69, 9.17) is 0 Å². The molecule has 0 aromatic carbocycles. The second kappa shape index (κ2) is 7.26. The molecule has 0 bridgehead atoms. The molecule has 3 heterocycles. The summed E-state index contributed by atoms with van der Waals surface area (Å²) in [5.41, 5.74) is 0. The molecule has 24 heavy (non-hydrogen) atoms. The van der Waals surface area contributed by atoms with Crippen molar-refractivity contribution in [2.24, 2.45) is 0 Å². The van der Waals surface area contributed by atoms with E-state index >= 15 is 0 Å². The molecular weight excluding hydrogens is 326 g/mol. The van der Waals surface area contributed by atoms with Crippen molar-refractivity contribution >= 4 is 17.2 Å². The highest BCUT2D eigenvalue weighted by Crippen LogP contribution is 2.21. The van der Waals surface area contributed by atoms with Crippen LogP contribution in [0.25, 0.3) is 10.8 Å². The van der Waals surface area contributed by atoms with E-state index in [-0.39, 0.29) is 11.8 Å². The van der Waals surface area contributed by atoms with Crippen molar-refractivity contribution in [3.05, 3.63) is 41.7 Å². The van der Waals surface area contributed by atoms with Gasteiger partial charge in [0.2, 0.25) is 0 Å². The van der Waals surface area contributed by atoms with Crippen molar-refractivity contribution in [2.75, 3.05) is 6.54 Å². The molecule has 0 spiro atoms. The highest BCUT2D eigenvalue weighted by Gasteiger charge is 2.13. The Morgan fingerprint density at radius 1 is 1.29 bits per heavy atom. The van der Waals surface area contributed by atoms with E-state index in [9.17, 15) is 4.79 Å². The number of carbonyl (C=O) groups is 1. The van der Waals surface area contributed by atoms with E-state index in [1.165, 1.54) is 11.3 Å².